The van der Waals surface area contributed by atoms with Gasteiger partial charge in [-0.25, -0.2) is 0 Å². The van der Waals surface area contributed by atoms with Gasteiger partial charge in [-0.3, -0.25) is 0 Å². The van der Waals surface area contributed by atoms with Gasteiger partial charge in [0.25, 0.3) is 0 Å². The first-order valence-electron chi connectivity index (χ1n) is 11.8. The van der Waals surface area contributed by atoms with Crippen molar-refractivity contribution in [1.82, 2.24) is 9.13 Å². The van der Waals surface area contributed by atoms with Gasteiger partial charge in [-0.2, -0.15) is 0 Å². The van der Waals surface area contributed by atoms with Crippen LogP contribution in [-0.2, 0) is 13.1 Å². The number of aromatic nitrogens is 2. The molecule has 2 aromatic heterocycles. The molecule has 0 spiro atoms. The summed E-state index contributed by atoms with van der Waals surface area (Å²) in [5.74, 6) is 12.6. The molecule has 0 bridgehead atoms. The molecule has 2 heterocycles. The molecule has 4 aromatic carbocycles. The lowest BCUT2D eigenvalue weighted by atomic mass is 10.1. The van der Waals surface area contributed by atoms with Gasteiger partial charge in [0, 0.05) is 67.8 Å². The molecule has 2 heteroatoms. The first-order valence-corrected chi connectivity index (χ1v) is 11.8. The highest BCUT2D eigenvalue weighted by Crippen LogP contribution is 2.30. The van der Waals surface area contributed by atoms with E-state index in [1.807, 2.05) is 0 Å². The van der Waals surface area contributed by atoms with Crippen molar-refractivity contribution in [3.8, 4) is 23.7 Å². The van der Waals surface area contributed by atoms with Crippen molar-refractivity contribution in [1.29, 1.82) is 0 Å². The summed E-state index contributed by atoms with van der Waals surface area (Å²) in [7, 11) is 0. The summed E-state index contributed by atoms with van der Waals surface area (Å²) in [6, 6.07) is 30.0. The van der Waals surface area contributed by atoms with Gasteiger partial charge >= 0.3 is 0 Å². The van der Waals surface area contributed by atoms with Crippen LogP contribution in [0.1, 0.15) is 25.0 Å². The van der Waals surface area contributed by atoms with Crippen LogP contribution in [0.15, 0.2) is 84.9 Å². The number of nitrogens with zero attached hydrogens (tertiary/aromatic N) is 2. The molecule has 34 heavy (non-hydrogen) atoms. The zero-order chi connectivity index (χ0) is 23.1. The van der Waals surface area contributed by atoms with Crippen LogP contribution in [0.5, 0.6) is 0 Å². The Labute approximate surface area is 199 Å². The smallest absolute Gasteiger partial charge is 0.0492 e. The highest BCUT2D eigenvalue weighted by atomic mass is 15.0. The SMILES string of the molecule is CCn1c2ccccc2c2cc(C#CC#Cc3ccc4c(c3)c3ccccc3n4CC)ccc21. The van der Waals surface area contributed by atoms with Gasteiger partial charge in [-0.05, 0) is 74.2 Å². The fourth-order valence-corrected chi connectivity index (χ4v) is 5.15. The lowest BCUT2D eigenvalue weighted by Crippen LogP contribution is -1.92. The molecule has 0 unspecified atom stereocenters. The first kappa shape index (κ1) is 20.2. The molecule has 0 atom stereocenters. The summed E-state index contributed by atoms with van der Waals surface area (Å²) in [6.07, 6.45) is 0. The van der Waals surface area contributed by atoms with E-state index in [2.05, 4.69) is 132 Å². The molecule has 0 aliphatic rings. The van der Waals surface area contributed by atoms with E-state index in [0.29, 0.717) is 0 Å². The molecule has 0 fully saturated rings. The van der Waals surface area contributed by atoms with Crippen molar-refractivity contribution in [3.63, 3.8) is 0 Å². The number of hydrogen-bond acceptors (Lipinski definition) is 0. The summed E-state index contributed by atoms with van der Waals surface area (Å²) in [5, 5.41) is 5.03. The Bertz CT molecular complexity index is 1700. The van der Waals surface area contributed by atoms with Crippen molar-refractivity contribution in [2.24, 2.45) is 0 Å². The lowest BCUT2D eigenvalue weighted by Gasteiger charge is -2.02. The fraction of sp³-hybridized carbons (Fsp3) is 0.125. The van der Waals surface area contributed by atoms with E-state index in [0.717, 1.165) is 24.2 Å². The van der Waals surface area contributed by atoms with Crippen molar-refractivity contribution in [2.75, 3.05) is 0 Å². The quantitative estimate of drug-likeness (QED) is 0.251. The monoisotopic (exact) mass is 436 g/mol. The number of fused-ring (bicyclic) bond motifs is 6. The van der Waals surface area contributed by atoms with Gasteiger partial charge in [0.15, 0.2) is 0 Å². The second-order valence-electron chi connectivity index (χ2n) is 8.49. The van der Waals surface area contributed by atoms with Crippen LogP contribution in [0.2, 0.25) is 0 Å². The van der Waals surface area contributed by atoms with Crippen molar-refractivity contribution in [2.45, 2.75) is 26.9 Å². The minimum atomic E-state index is 0.946. The van der Waals surface area contributed by atoms with E-state index in [1.54, 1.807) is 0 Å². The zero-order valence-corrected chi connectivity index (χ0v) is 19.4. The van der Waals surface area contributed by atoms with Crippen molar-refractivity contribution in [3.05, 3.63) is 96.1 Å². The van der Waals surface area contributed by atoms with E-state index < -0.39 is 0 Å². The summed E-state index contributed by atoms with van der Waals surface area (Å²) in [6.45, 7) is 6.27. The van der Waals surface area contributed by atoms with Crippen LogP contribution in [0.4, 0.5) is 0 Å². The minimum Gasteiger partial charge on any atom is -0.341 e. The normalized spacial score (nSPS) is 11.0. The predicted molar refractivity (Wildman–Crippen MR) is 144 cm³/mol. The molecule has 0 saturated carbocycles. The first-order chi connectivity index (χ1) is 16.8. The molecule has 162 valence electrons. The van der Waals surface area contributed by atoms with E-state index >= 15 is 0 Å². The Morgan fingerprint density at radius 2 is 0.912 bits per heavy atom. The number of benzene rings is 4. The minimum absolute atomic E-state index is 0.946. The van der Waals surface area contributed by atoms with E-state index in [9.17, 15) is 0 Å². The number of rotatable bonds is 2. The second kappa shape index (κ2) is 8.18. The maximum atomic E-state index is 3.24. The Balaban J connectivity index is 1.36. The van der Waals surface area contributed by atoms with Crippen LogP contribution in [0.25, 0.3) is 43.6 Å². The summed E-state index contributed by atoms with van der Waals surface area (Å²) in [4.78, 5) is 0. The molecule has 2 nitrogen and oxygen atoms in total. The van der Waals surface area contributed by atoms with Crippen LogP contribution >= 0.6 is 0 Å². The molecular formula is C32H24N2. The van der Waals surface area contributed by atoms with Gasteiger partial charge in [0.2, 0.25) is 0 Å². The molecule has 0 amide bonds. The van der Waals surface area contributed by atoms with Crippen LogP contribution in [0, 0.1) is 23.7 Å². The molecule has 6 aromatic rings. The average Bonchev–Trinajstić information content (AvgIpc) is 3.38. The van der Waals surface area contributed by atoms with Gasteiger partial charge in [-0.1, -0.05) is 48.2 Å². The number of hydrogen-bond donors (Lipinski definition) is 0. The highest BCUT2D eigenvalue weighted by molar-refractivity contribution is 6.09. The maximum absolute atomic E-state index is 3.24. The van der Waals surface area contributed by atoms with Crippen molar-refractivity contribution < 1.29 is 0 Å². The summed E-state index contributed by atoms with van der Waals surface area (Å²) < 4.78 is 4.71. The molecule has 0 N–H and O–H groups in total. The Kier molecular flexibility index (Phi) is 4.87. The lowest BCUT2D eigenvalue weighted by molar-refractivity contribution is 0.827. The molecule has 0 saturated heterocycles. The number of aryl methyl sites for hydroxylation is 2. The van der Waals surface area contributed by atoms with E-state index in [-0.39, 0.29) is 0 Å². The largest absolute Gasteiger partial charge is 0.341 e. The third-order valence-electron chi connectivity index (χ3n) is 6.65. The number of para-hydroxylation sites is 2. The molecule has 6 rings (SSSR count). The fourth-order valence-electron chi connectivity index (χ4n) is 5.15. The maximum Gasteiger partial charge on any atom is 0.0492 e. The van der Waals surface area contributed by atoms with Crippen molar-refractivity contribution >= 4 is 43.6 Å². The topological polar surface area (TPSA) is 9.86 Å². The average molecular weight is 437 g/mol. The van der Waals surface area contributed by atoms with Gasteiger partial charge in [0.1, 0.15) is 0 Å². The summed E-state index contributed by atoms with van der Waals surface area (Å²) in [5.41, 5.74) is 7.01. The molecule has 0 aliphatic heterocycles. The second-order valence-corrected chi connectivity index (χ2v) is 8.49. The molecular weight excluding hydrogens is 412 g/mol. The third kappa shape index (κ3) is 3.16. The highest BCUT2D eigenvalue weighted by Gasteiger charge is 2.10. The van der Waals surface area contributed by atoms with Gasteiger partial charge < -0.3 is 9.13 Å². The third-order valence-corrected chi connectivity index (χ3v) is 6.65. The Hall–Kier alpha value is -4.40. The van der Waals surface area contributed by atoms with Gasteiger partial charge in [-0.15, -0.1) is 0 Å². The van der Waals surface area contributed by atoms with E-state index in [4.69, 9.17) is 0 Å². The van der Waals surface area contributed by atoms with E-state index in [1.165, 1.54) is 43.6 Å². The molecule has 0 aliphatic carbocycles. The predicted octanol–water partition coefficient (Wildman–Crippen LogP) is 7.35. The zero-order valence-electron chi connectivity index (χ0n) is 19.4. The Morgan fingerprint density at radius 1 is 0.500 bits per heavy atom. The van der Waals surface area contributed by atoms with Gasteiger partial charge in [0.05, 0.1) is 0 Å². The molecule has 0 radical (unpaired) electrons. The Morgan fingerprint density at radius 3 is 1.35 bits per heavy atom. The van der Waals surface area contributed by atoms with Crippen LogP contribution in [-0.4, -0.2) is 9.13 Å². The summed E-state index contributed by atoms with van der Waals surface area (Å²) >= 11 is 0. The van der Waals surface area contributed by atoms with Crippen LogP contribution < -0.4 is 0 Å². The standard InChI is InChI=1S/C32H24N2/c1-3-33-29-15-9-7-13-25(29)27-21-23(17-19-31(27)33)11-5-6-12-24-18-20-32-28(22-24)26-14-8-10-16-30(26)34(32)4-2/h7-10,13-22H,3-4H2,1-2H3. The van der Waals surface area contributed by atoms with Crippen LogP contribution in [0.3, 0.4) is 0 Å².